The molecule has 1 aromatic carbocycles. The third kappa shape index (κ3) is 3.90. The van der Waals surface area contributed by atoms with E-state index in [1.807, 2.05) is 47.3 Å². The lowest BCUT2D eigenvalue weighted by molar-refractivity contribution is 0.0956. The summed E-state index contributed by atoms with van der Waals surface area (Å²) >= 11 is 6.64. The molecule has 3 aromatic rings. The minimum absolute atomic E-state index is 0.162. The zero-order chi connectivity index (χ0) is 18.0. The Morgan fingerprint density at radius 2 is 2.12 bits per heavy atom. The molecule has 25 heavy (non-hydrogen) atoms. The first-order chi connectivity index (χ1) is 12.0. The monoisotopic (exact) mass is 531 g/mol. The highest BCUT2D eigenvalue weighted by Crippen LogP contribution is 2.37. The Labute approximate surface area is 171 Å². The van der Waals surface area contributed by atoms with Crippen molar-refractivity contribution in [2.45, 2.75) is 12.8 Å². The van der Waals surface area contributed by atoms with Crippen molar-refractivity contribution in [1.82, 2.24) is 10.3 Å². The number of hydrogen-bond acceptors (Lipinski definition) is 5. The molecule has 5 nitrogen and oxygen atoms in total. The molecule has 8 heteroatoms. The molecule has 2 heterocycles. The van der Waals surface area contributed by atoms with Crippen LogP contribution < -0.4 is 14.1 Å². The van der Waals surface area contributed by atoms with Crippen LogP contribution in [0.1, 0.15) is 28.1 Å². The van der Waals surface area contributed by atoms with Crippen LogP contribution in [0.25, 0.3) is 10.1 Å². The first kappa shape index (κ1) is 18.4. The molecule has 130 valence electrons. The summed E-state index contributed by atoms with van der Waals surface area (Å²) in [5.74, 6) is 0.818. The molecule has 1 amide bonds. The van der Waals surface area contributed by atoms with Crippen molar-refractivity contribution in [2.24, 2.45) is 0 Å². The van der Waals surface area contributed by atoms with E-state index in [0.717, 1.165) is 25.9 Å². The molecule has 1 unspecified atom stereocenters. The lowest BCUT2D eigenvalue weighted by Gasteiger charge is -2.13. The SMILES string of the molecule is CC(CNC(=O)c1sc2cncc(Br)c2c1N)c1ccc(OI)cc1. The molecule has 1 atom stereocenters. The lowest BCUT2D eigenvalue weighted by atomic mass is 10.0. The summed E-state index contributed by atoms with van der Waals surface area (Å²) in [5, 5.41) is 3.81. The van der Waals surface area contributed by atoms with Crippen LogP contribution in [0.5, 0.6) is 5.75 Å². The van der Waals surface area contributed by atoms with Crippen LogP contribution in [-0.2, 0) is 0 Å². The predicted molar refractivity (Wildman–Crippen MR) is 114 cm³/mol. The van der Waals surface area contributed by atoms with E-state index in [9.17, 15) is 4.79 Å². The Balaban J connectivity index is 1.72. The topological polar surface area (TPSA) is 77.2 Å². The van der Waals surface area contributed by atoms with E-state index in [0.29, 0.717) is 17.1 Å². The number of benzene rings is 1. The maximum absolute atomic E-state index is 12.5. The molecule has 0 aliphatic rings. The van der Waals surface area contributed by atoms with Crippen molar-refractivity contribution in [3.05, 3.63) is 51.6 Å². The van der Waals surface area contributed by atoms with Gasteiger partial charge in [0.2, 0.25) is 0 Å². The van der Waals surface area contributed by atoms with Gasteiger partial charge < -0.3 is 14.1 Å². The van der Waals surface area contributed by atoms with Crippen LogP contribution in [0.15, 0.2) is 41.1 Å². The third-order valence-corrected chi connectivity index (χ3v) is 6.15. The highest BCUT2D eigenvalue weighted by atomic mass is 127. The molecule has 3 N–H and O–H groups in total. The second-order valence-electron chi connectivity index (χ2n) is 5.60. The second-order valence-corrected chi connectivity index (χ2v) is 7.94. The normalized spacial score (nSPS) is 12.1. The lowest BCUT2D eigenvalue weighted by Crippen LogP contribution is -2.27. The average Bonchev–Trinajstić information content (AvgIpc) is 2.97. The van der Waals surface area contributed by atoms with Gasteiger partial charge in [-0.05, 0) is 39.5 Å². The van der Waals surface area contributed by atoms with E-state index in [2.05, 4.69) is 33.2 Å². The van der Waals surface area contributed by atoms with Gasteiger partial charge in [-0.2, -0.15) is 0 Å². The summed E-state index contributed by atoms with van der Waals surface area (Å²) in [4.78, 5) is 17.2. The van der Waals surface area contributed by atoms with Crippen LogP contribution >= 0.6 is 50.3 Å². The van der Waals surface area contributed by atoms with E-state index < -0.39 is 0 Å². The van der Waals surface area contributed by atoms with Gasteiger partial charge in [0.1, 0.15) is 10.6 Å². The fourth-order valence-electron chi connectivity index (χ4n) is 2.49. The molecule has 0 fully saturated rings. The Bertz CT molecular complexity index is 914. The van der Waals surface area contributed by atoms with Gasteiger partial charge in [-0.1, -0.05) is 19.1 Å². The number of halogens is 2. The molecule has 0 saturated carbocycles. The molecular formula is C17H15BrIN3O2S. The number of anilines is 1. The van der Waals surface area contributed by atoms with E-state index in [4.69, 9.17) is 8.80 Å². The Kier molecular flexibility index (Phi) is 5.80. The van der Waals surface area contributed by atoms with Crippen molar-refractivity contribution in [3.63, 3.8) is 0 Å². The van der Waals surface area contributed by atoms with Crippen molar-refractivity contribution in [3.8, 4) is 5.75 Å². The zero-order valence-electron chi connectivity index (χ0n) is 13.3. The summed E-state index contributed by atoms with van der Waals surface area (Å²) in [7, 11) is 0. The Morgan fingerprint density at radius 3 is 2.76 bits per heavy atom. The van der Waals surface area contributed by atoms with E-state index in [-0.39, 0.29) is 11.8 Å². The molecule has 0 bridgehead atoms. The third-order valence-electron chi connectivity index (χ3n) is 3.90. The number of fused-ring (bicyclic) bond motifs is 1. The summed E-state index contributed by atoms with van der Waals surface area (Å²) in [5.41, 5.74) is 7.79. The molecular weight excluding hydrogens is 517 g/mol. The van der Waals surface area contributed by atoms with Crippen LogP contribution in [0.4, 0.5) is 5.69 Å². The first-order valence-corrected chi connectivity index (χ1v) is 9.98. The molecule has 2 aromatic heterocycles. The van der Waals surface area contributed by atoms with Crippen molar-refractivity contribution >= 4 is 72.0 Å². The van der Waals surface area contributed by atoms with Crippen LogP contribution in [0.2, 0.25) is 0 Å². The smallest absolute Gasteiger partial charge is 0.263 e. The zero-order valence-corrected chi connectivity index (χ0v) is 17.8. The number of nitrogens with one attached hydrogen (secondary N) is 1. The van der Waals surface area contributed by atoms with Crippen LogP contribution in [0.3, 0.4) is 0 Å². The number of carbonyl (C=O) groups is 1. The van der Waals surface area contributed by atoms with Gasteiger partial charge in [0, 0.05) is 28.8 Å². The summed E-state index contributed by atoms with van der Waals surface area (Å²) in [6.45, 7) is 2.59. The predicted octanol–water partition coefficient (Wildman–Crippen LogP) is 4.90. The van der Waals surface area contributed by atoms with Gasteiger partial charge in [-0.3, -0.25) is 9.78 Å². The number of nitrogens with two attached hydrogens (primary N) is 1. The molecule has 0 radical (unpaired) electrons. The van der Waals surface area contributed by atoms with Crippen LogP contribution in [0, 0.1) is 0 Å². The minimum Gasteiger partial charge on any atom is -0.428 e. The van der Waals surface area contributed by atoms with Gasteiger partial charge >= 0.3 is 0 Å². The number of thiophene rings is 1. The van der Waals surface area contributed by atoms with E-state index in [1.165, 1.54) is 11.3 Å². The summed E-state index contributed by atoms with van der Waals surface area (Å²) in [6.07, 6.45) is 3.40. The molecule has 0 aliphatic carbocycles. The molecule has 0 spiro atoms. The quantitative estimate of drug-likeness (QED) is 0.459. The largest absolute Gasteiger partial charge is 0.428 e. The second kappa shape index (κ2) is 7.88. The summed E-state index contributed by atoms with van der Waals surface area (Å²) in [6, 6.07) is 7.83. The number of hydrogen-bond donors (Lipinski definition) is 2. The minimum atomic E-state index is -0.162. The Hall–Kier alpha value is -1.39. The Morgan fingerprint density at radius 1 is 1.40 bits per heavy atom. The summed E-state index contributed by atoms with van der Waals surface area (Å²) < 4.78 is 6.82. The fourth-order valence-corrected chi connectivity index (χ4v) is 4.50. The van der Waals surface area contributed by atoms with Crippen LogP contribution in [-0.4, -0.2) is 17.4 Å². The first-order valence-electron chi connectivity index (χ1n) is 7.49. The van der Waals surface area contributed by atoms with Gasteiger partial charge in [0.05, 0.1) is 10.4 Å². The van der Waals surface area contributed by atoms with Gasteiger partial charge in [0.15, 0.2) is 23.0 Å². The van der Waals surface area contributed by atoms with Gasteiger partial charge in [0.25, 0.3) is 5.91 Å². The molecule has 3 rings (SSSR count). The molecule has 0 aliphatic heterocycles. The number of rotatable bonds is 5. The number of nitrogens with zero attached hydrogens (tertiary/aromatic N) is 1. The van der Waals surface area contributed by atoms with E-state index in [1.54, 1.807) is 12.4 Å². The number of amides is 1. The van der Waals surface area contributed by atoms with Gasteiger partial charge in [-0.15, -0.1) is 11.3 Å². The maximum atomic E-state index is 12.5. The highest BCUT2D eigenvalue weighted by Gasteiger charge is 2.19. The van der Waals surface area contributed by atoms with E-state index >= 15 is 0 Å². The van der Waals surface area contributed by atoms with Gasteiger partial charge in [-0.25, -0.2) is 0 Å². The van der Waals surface area contributed by atoms with Crippen molar-refractivity contribution in [2.75, 3.05) is 12.3 Å². The average molecular weight is 532 g/mol. The highest BCUT2D eigenvalue weighted by molar-refractivity contribution is 14.1. The van der Waals surface area contributed by atoms with Crippen molar-refractivity contribution < 1.29 is 7.86 Å². The number of pyridine rings is 1. The number of aromatic nitrogens is 1. The number of carbonyl (C=O) groups excluding carboxylic acids is 1. The maximum Gasteiger partial charge on any atom is 0.263 e. The fraction of sp³-hybridized carbons (Fsp3) is 0.176. The number of nitrogen functional groups attached to an aromatic ring is 1. The standard InChI is InChI=1S/C17H15BrIN3O2S/c1-9(10-2-4-11(24-19)5-3-10)6-22-17(23)16-15(20)14-12(18)7-21-8-13(14)25-16/h2-5,7-9H,6,20H2,1H3,(H,22,23). The molecule has 0 saturated heterocycles. The van der Waals surface area contributed by atoms with Crippen molar-refractivity contribution in [1.29, 1.82) is 0 Å².